The summed E-state index contributed by atoms with van der Waals surface area (Å²) in [5, 5.41) is 7.78. The zero-order valence-electron chi connectivity index (χ0n) is 24.5. The second-order valence-corrected chi connectivity index (χ2v) is 12.2. The van der Waals surface area contributed by atoms with Gasteiger partial charge in [-0.1, -0.05) is 35.3 Å². The number of aryl methyl sites for hydroxylation is 1. The van der Waals surface area contributed by atoms with E-state index in [9.17, 15) is 36.0 Å². The van der Waals surface area contributed by atoms with Crippen LogP contribution in [0.1, 0.15) is 37.7 Å². The lowest BCUT2D eigenvalue weighted by atomic mass is 10.1. The standard InChI is InChI=1S/C28H24Cl2F3N7O6S/c1-15-11-16(29)12-18(25(41)38-39(2)27(43)46-3)23(15)36-26(42)21-13-17(37-40(21)24-20(30)8-6-10-34-24)14-35-47(44,45)22-9-5-4-7-19(22)28(31,32)33/h4-13,35H,14H2,1-3H3,(H,36,42)(H,38,41). The molecule has 13 nitrogen and oxygen atoms in total. The van der Waals surface area contributed by atoms with Crippen molar-refractivity contribution >= 4 is 56.8 Å². The fraction of sp³-hybridized carbons (Fsp3) is 0.179. The summed E-state index contributed by atoms with van der Waals surface area (Å²) in [5.41, 5.74) is 0.764. The third kappa shape index (κ3) is 7.99. The van der Waals surface area contributed by atoms with Crippen LogP contribution in [0.5, 0.6) is 0 Å². The summed E-state index contributed by atoms with van der Waals surface area (Å²) in [6.07, 6.45) is -4.48. The number of pyridine rings is 1. The van der Waals surface area contributed by atoms with Crippen molar-refractivity contribution in [1.29, 1.82) is 0 Å². The van der Waals surface area contributed by atoms with E-state index in [-0.39, 0.29) is 38.5 Å². The van der Waals surface area contributed by atoms with Gasteiger partial charge < -0.3 is 10.1 Å². The predicted molar refractivity (Wildman–Crippen MR) is 164 cm³/mol. The quantitative estimate of drug-likeness (QED) is 0.215. The maximum Gasteiger partial charge on any atom is 0.428 e. The van der Waals surface area contributed by atoms with Crippen molar-refractivity contribution in [3.63, 3.8) is 0 Å². The fourth-order valence-corrected chi connectivity index (χ4v) is 5.91. The van der Waals surface area contributed by atoms with Gasteiger partial charge in [-0.15, -0.1) is 0 Å². The third-order valence-electron chi connectivity index (χ3n) is 6.36. The molecule has 0 unspecified atom stereocenters. The molecule has 2 aromatic carbocycles. The zero-order chi connectivity index (χ0) is 34.7. The Kier molecular flexibility index (Phi) is 10.4. The number of benzene rings is 2. The number of alkyl halides is 3. The Bertz CT molecular complexity index is 1970. The number of methoxy groups -OCH3 is 1. The van der Waals surface area contributed by atoms with Crippen molar-refractivity contribution in [2.75, 3.05) is 19.5 Å². The van der Waals surface area contributed by atoms with E-state index in [0.29, 0.717) is 11.6 Å². The molecule has 0 saturated heterocycles. The molecule has 2 aromatic heterocycles. The summed E-state index contributed by atoms with van der Waals surface area (Å²) >= 11 is 12.5. The molecule has 0 fully saturated rings. The van der Waals surface area contributed by atoms with E-state index >= 15 is 0 Å². The highest BCUT2D eigenvalue weighted by Crippen LogP contribution is 2.34. The van der Waals surface area contributed by atoms with Gasteiger partial charge in [-0.3, -0.25) is 15.0 Å². The molecule has 3 N–H and O–H groups in total. The number of carbonyl (C=O) groups is 3. The first-order valence-corrected chi connectivity index (χ1v) is 15.4. The Morgan fingerprint density at radius 1 is 1.04 bits per heavy atom. The maximum atomic E-state index is 13.7. The fourth-order valence-electron chi connectivity index (χ4n) is 4.22. The number of carbonyl (C=O) groups excluding carboxylic acids is 3. The Balaban J connectivity index is 1.71. The lowest BCUT2D eigenvalue weighted by molar-refractivity contribution is -0.139. The summed E-state index contributed by atoms with van der Waals surface area (Å²) in [5.74, 6) is -1.76. The number of hydrogen-bond donors (Lipinski definition) is 3. The van der Waals surface area contributed by atoms with Gasteiger partial charge >= 0.3 is 12.3 Å². The summed E-state index contributed by atoms with van der Waals surface area (Å²) in [7, 11) is -2.38. The van der Waals surface area contributed by atoms with E-state index in [0.717, 1.165) is 41.1 Å². The molecule has 0 radical (unpaired) electrons. The predicted octanol–water partition coefficient (Wildman–Crippen LogP) is 4.98. The summed E-state index contributed by atoms with van der Waals surface area (Å²) in [6, 6.07) is 10.5. The minimum Gasteiger partial charge on any atom is -0.452 e. The number of nitrogens with zero attached hydrogens (tertiary/aromatic N) is 4. The number of rotatable bonds is 8. The van der Waals surface area contributed by atoms with Crippen LogP contribution >= 0.6 is 23.2 Å². The van der Waals surface area contributed by atoms with Crippen molar-refractivity contribution in [1.82, 2.24) is 29.9 Å². The molecule has 0 bridgehead atoms. The first-order chi connectivity index (χ1) is 22.0. The monoisotopic (exact) mass is 713 g/mol. The number of ether oxygens (including phenoxy) is 1. The minimum atomic E-state index is -4.95. The Morgan fingerprint density at radius 2 is 1.74 bits per heavy atom. The topological polar surface area (TPSA) is 165 Å². The van der Waals surface area contributed by atoms with Gasteiger partial charge in [0, 0.05) is 18.3 Å². The Hall–Kier alpha value is -4.71. The number of amides is 3. The smallest absolute Gasteiger partial charge is 0.428 e. The van der Waals surface area contributed by atoms with E-state index < -0.39 is 51.1 Å². The molecule has 4 rings (SSSR count). The molecule has 3 amide bonds. The lowest BCUT2D eigenvalue weighted by Crippen LogP contribution is -2.43. The number of hydrazine groups is 1. The van der Waals surface area contributed by atoms with Crippen LogP contribution in [0.2, 0.25) is 10.0 Å². The molecule has 19 heteroatoms. The van der Waals surface area contributed by atoms with Gasteiger partial charge in [-0.25, -0.2) is 32.6 Å². The second-order valence-electron chi connectivity index (χ2n) is 9.63. The molecule has 0 spiro atoms. The van der Waals surface area contributed by atoms with Gasteiger partial charge in [0.25, 0.3) is 11.8 Å². The molecule has 0 saturated carbocycles. The number of nitrogens with one attached hydrogen (secondary N) is 3. The van der Waals surface area contributed by atoms with Gasteiger partial charge in [-0.05, 0) is 55.0 Å². The van der Waals surface area contributed by atoms with Crippen molar-refractivity contribution in [3.05, 3.63) is 98.9 Å². The van der Waals surface area contributed by atoms with Gasteiger partial charge in [0.2, 0.25) is 10.0 Å². The van der Waals surface area contributed by atoms with Crippen LogP contribution in [-0.2, 0) is 27.5 Å². The molecular weight excluding hydrogens is 690 g/mol. The SMILES string of the molecule is COC(=O)N(C)NC(=O)c1cc(Cl)cc(C)c1NC(=O)c1cc(CNS(=O)(=O)c2ccccc2C(F)(F)F)nn1-c1ncccc1Cl. The van der Waals surface area contributed by atoms with Crippen LogP contribution in [0.3, 0.4) is 0 Å². The maximum absolute atomic E-state index is 13.7. The third-order valence-corrected chi connectivity index (χ3v) is 8.33. The van der Waals surface area contributed by atoms with E-state index in [1.54, 1.807) is 6.92 Å². The van der Waals surface area contributed by atoms with E-state index in [1.165, 1.54) is 37.5 Å². The lowest BCUT2D eigenvalue weighted by Gasteiger charge is -2.19. The van der Waals surface area contributed by atoms with Gasteiger partial charge in [-0.2, -0.15) is 18.3 Å². The van der Waals surface area contributed by atoms with Crippen LogP contribution < -0.4 is 15.5 Å². The molecular formula is C28H24Cl2F3N7O6S. The number of sulfonamides is 1. The number of anilines is 1. The highest BCUT2D eigenvalue weighted by atomic mass is 35.5. The van der Waals surface area contributed by atoms with E-state index in [1.807, 2.05) is 0 Å². The molecule has 0 aliphatic rings. The summed E-state index contributed by atoms with van der Waals surface area (Å²) < 4.78 is 74.0. The van der Waals surface area contributed by atoms with Crippen molar-refractivity contribution in [2.45, 2.75) is 24.5 Å². The van der Waals surface area contributed by atoms with Crippen molar-refractivity contribution in [3.8, 4) is 5.82 Å². The van der Waals surface area contributed by atoms with Crippen molar-refractivity contribution in [2.24, 2.45) is 0 Å². The normalized spacial score (nSPS) is 11.6. The van der Waals surface area contributed by atoms with Crippen molar-refractivity contribution < 1.29 is 40.7 Å². The highest BCUT2D eigenvalue weighted by Gasteiger charge is 2.37. The Morgan fingerprint density at radius 3 is 2.40 bits per heavy atom. The second kappa shape index (κ2) is 14.0. The largest absolute Gasteiger partial charge is 0.452 e. The molecule has 0 aliphatic heterocycles. The molecule has 0 atom stereocenters. The number of hydrogen-bond acceptors (Lipinski definition) is 8. The van der Waals surface area contributed by atoms with Crippen LogP contribution in [0, 0.1) is 6.92 Å². The van der Waals surface area contributed by atoms with Gasteiger partial charge in [0.15, 0.2) is 5.82 Å². The Labute approximate surface area is 275 Å². The van der Waals surface area contributed by atoms with Crippen LogP contribution in [0.15, 0.2) is 65.7 Å². The average Bonchev–Trinajstić information content (AvgIpc) is 3.45. The minimum absolute atomic E-state index is 0.0129. The highest BCUT2D eigenvalue weighted by molar-refractivity contribution is 7.89. The van der Waals surface area contributed by atoms with E-state index in [4.69, 9.17) is 23.2 Å². The summed E-state index contributed by atoms with van der Waals surface area (Å²) in [6.45, 7) is 0.911. The molecule has 4 aromatic rings. The van der Waals surface area contributed by atoms with E-state index in [2.05, 4.69) is 30.3 Å². The van der Waals surface area contributed by atoms with Crippen LogP contribution in [-0.4, -0.2) is 60.3 Å². The number of aromatic nitrogens is 3. The molecule has 2 heterocycles. The number of halogens is 5. The molecule has 0 aliphatic carbocycles. The van der Waals surface area contributed by atoms with Crippen LogP contribution in [0.4, 0.5) is 23.7 Å². The molecule has 47 heavy (non-hydrogen) atoms. The van der Waals surface area contributed by atoms with Gasteiger partial charge in [0.05, 0.1) is 46.1 Å². The van der Waals surface area contributed by atoms with Crippen LogP contribution in [0.25, 0.3) is 5.82 Å². The zero-order valence-corrected chi connectivity index (χ0v) is 26.8. The summed E-state index contributed by atoms with van der Waals surface area (Å²) in [4.78, 5) is 41.8. The van der Waals surface area contributed by atoms with Gasteiger partial charge in [0.1, 0.15) is 5.69 Å². The molecule has 248 valence electrons. The first kappa shape index (κ1) is 35.1. The average molecular weight is 715 g/mol. The first-order valence-electron chi connectivity index (χ1n) is 13.1.